The molecule has 0 heterocycles. The maximum atomic E-state index is 12.0. The van der Waals surface area contributed by atoms with Gasteiger partial charge < -0.3 is 9.84 Å². The Morgan fingerprint density at radius 1 is 1.05 bits per heavy atom. The Morgan fingerprint density at radius 2 is 1.65 bits per heavy atom. The Hall–Kier alpha value is -1.58. The van der Waals surface area contributed by atoms with Gasteiger partial charge in [0.15, 0.2) is 11.5 Å². The number of carbonyl (C=O) groups excluding carboxylic acids is 2. The topological polar surface area (TPSA) is 63.6 Å². The lowest BCUT2D eigenvalue weighted by Crippen LogP contribution is -2.20. The zero-order chi connectivity index (χ0) is 15.0. The molecule has 20 heavy (non-hydrogen) atoms. The normalized spacial score (nSPS) is 15.6. The molecule has 0 aromatic carbocycles. The molecule has 0 fully saturated rings. The molecular weight excluding hydrogens is 256 g/mol. The number of allylic oxidation sites excluding steroid dienone is 2. The van der Waals surface area contributed by atoms with Crippen LogP contribution in [0.3, 0.4) is 0 Å². The molecule has 0 spiro atoms. The van der Waals surface area contributed by atoms with E-state index in [2.05, 4.69) is 6.92 Å². The van der Waals surface area contributed by atoms with E-state index in [0.29, 0.717) is 6.42 Å². The molecule has 4 heteroatoms. The number of aliphatic hydroxyl groups excluding tert-OH is 1. The molecule has 0 saturated carbocycles. The Balaban J connectivity index is 2.40. The monoisotopic (exact) mass is 280 g/mol. The molecule has 0 aliphatic heterocycles. The molecule has 0 aromatic rings. The van der Waals surface area contributed by atoms with Gasteiger partial charge in [-0.2, -0.15) is 0 Å². The molecule has 0 bridgehead atoms. The van der Waals surface area contributed by atoms with Crippen molar-refractivity contribution in [3.8, 4) is 0 Å². The molecule has 0 aromatic heterocycles. The zero-order valence-electron chi connectivity index (χ0n) is 12.4. The van der Waals surface area contributed by atoms with Crippen molar-refractivity contribution in [2.75, 3.05) is 7.11 Å². The highest BCUT2D eigenvalue weighted by molar-refractivity contribution is 6.20. The van der Waals surface area contributed by atoms with Crippen LogP contribution in [0.2, 0.25) is 0 Å². The average Bonchev–Trinajstić information content (AvgIpc) is 2.45. The summed E-state index contributed by atoms with van der Waals surface area (Å²) < 4.78 is 4.87. The second-order valence-corrected chi connectivity index (χ2v) is 5.10. The van der Waals surface area contributed by atoms with Gasteiger partial charge in [-0.15, -0.1) is 0 Å². The van der Waals surface area contributed by atoms with Crippen LogP contribution in [0.25, 0.3) is 0 Å². The lowest BCUT2D eigenvalue weighted by atomic mass is 9.94. The van der Waals surface area contributed by atoms with Gasteiger partial charge in [-0.05, 0) is 12.8 Å². The third-order valence-electron chi connectivity index (χ3n) is 3.53. The number of hydrogen-bond acceptors (Lipinski definition) is 4. The van der Waals surface area contributed by atoms with Crippen molar-refractivity contribution in [1.82, 2.24) is 0 Å². The molecule has 0 unspecified atom stereocenters. The molecule has 1 aliphatic rings. The number of ketones is 2. The Kier molecular flexibility index (Phi) is 7.05. The maximum absolute atomic E-state index is 12.0. The average molecular weight is 280 g/mol. The van der Waals surface area contributed by atoms with E-state index in [1.54, 1.807) is 0 Å². The van der Waals surface area contributed by atoms with E-state index >= 15 is 0 Å². The van der Waals surface area contributed by atoms with Gasteiger partial charge in [-0.3, -0.25) is 9.59 Å². The van der Waals surface area contributed by atoms with Crippen LogP contribution in [-0.4, -0.2) is 23.8 Å². The van der Waals surface area contributed by atoms with Crippen LogP contribution >= 0.6 is 0 Å². The third kappa shape index (κ3) is 4.51. The van der Waals surface area contributed by atoms with E-state index in [4.69, 9.17) is 4.74 Å². The third-order valence-corrected chi connectivity index (χ3v) is 3.53. The molecule has 0 saturated heterocycles. The van der Waals surface area contributed by atoms with Crippen molar-refractivity contribution in [1.29, 1.82) is 0 Å². The molecule has 1 rings (SSSR count). The summed E-state index contributed by atoms with van der Waals surface area (Å²) in [5.74, 6) is -1.30. The second kappa shape index (κ2) is 8.56. The highest BCUT2D eigenvalue weighted by Gasteiger charge is 2.28. The van der Waals surface area contributed by atoms with E-state index in [1.807, 2.05) is 0 Å². The highest BCUT2D eigenvalue weighted by Crippen LogP contribution is 2.23. The maximum Gasteiger partial charge on any atom is 0.227 e. The molecule has 0 radical (unpaired) electrons. The molecule has 112 valence electrons. The molecule has 0 amide bonds. The molecule has 1 N–H and O–H groups in total. The summed E-state index contributed by atoms with van der Waals surface area (Å²) in [5.41, 5.74) is 0.197. The minimum atomic E-state index is -0.542. The van der Waals surface area contributed by atoms with E-state index < -0.39 is 11.5 Å². The van der Waals surface area contributed by atoms with Gasteiger partial charge in [0.05, 0.1) is 7.11 Å². The molecule has 4 nitrogen and oxygen atoms in total. The quantitative estimate of drug-likeness (QED) is 0.517. The summed E-state index contributed by atoms with van der Waals surface area (Å²) in [4.78, 5) is 23.5. The lowest BCUT2D eigenvalue weighted by molar-refractivity contribution is -0.119. The van der Waals surface area contributed by atoms with Gasteiger partial charge in [0.25, 0.3) is 0 Å². The number of methoxy groups -OCH3 is 1. The zero-order valence-corrected chi connectivity index (χ0v) is 12.4. The van der Waals surface area contributed by atoms with E-state index in [1.165, 1.54) is 32.8 Å². The first kappa shape index (κ1) is 16.5. The van der Waals surface area contributed by atoms with Gasteiger partial charge in [0.1, 0.15) is 0 Å². The van der Waals surface area contributed by atoms with Crippen LogP contribution in [0.1, 0.15) is 58.3 Å². The van der Waals surface area contributed by atoms with Crippen LogP contribution in [0.15, 0.2) is 23.2 Å². The van der Waals surface area contributed by atoms with Crippen LogP contribution < -0.4 is 0 Å². The molecular formula is C16H24O4. The number of carbonyl (C=O) groups is 2. The summed E-state index contributed by atoms with van der Waals surface area (Å²) in [6.07, 6.45) is 9.37. The molecule has 1 aliphatic carbocycles. The van der Waals surface area contributed by atoms with Gasteiger partial charge in [0.2, 0.25) is 11.6 Å². The number of Topliss-reactive ketones (excluding diaryl/α,β-unsaturated/α-hetero) is 1. The van der Waals surface area contributed by atoms with Gasteiger partial charge in [0, 0.05) is 11.6 Å². The lowest BCUT2D eigenvalue weighted by Gasteiger charge is -2.14. The van der Waals surface area contributed by atoms with Crippen molar-refractivity contribution in [2.24, 2.45) is 0 Å². The first-order valence-electron chi connectivity index (χ1n) is 7.38. The summed E-state index contributed by atoms with van der Waals surface area (Å²) in [6.45, 7) is 2.18. The van der Waals surface area contributed by atoms with Crippen LogP contribution in [0, 0.1) is 0 Å². The van der Waals surface area contributed by atoms with Crippen molar-refractivity contribution in [2.45, 2.75) is 58.3 Å². The number of hydrogen-bond donors (Lipinski definition) is 1. The summed E-state index contributed by atoms with van der Waals surface area (Å²) >= 11 is 0. The van der Waals surface area contributed by atoms with Crippen LogP contribution in [0.5, 0.6) is 0 Å². The fourth-order valence-electron chi connectivity index (χ4n) is 2.30. The largest absolute Gasteiger partial charge is 0.504 e. The first-order valence-corrected chi connectivity index (χ1v) is 7.38. The van der Waals surface area contributed by atoms with Crippen molar-refractivity contribution in [3.63, 3.8) is 0 Å². The number of rotatable bonds is 9. The number of unbranched alkanes of at least 4 members (excludes halogenated alkanes) is 6. The molecule has 0 atom stereocenters. The van der Waals surface area contributed by atoms with Crippen molar-refractivity contribution < 1.29 is 19.4 Å². The van der Waals surface area contributed by atoms with Gasteiger partial charge in [-0.1, -0.05) is 45.4 Å². The number of ether oxygens (including phenoxy) is 1. The fraction of sp³-hybridized carbons (Fsp3) is 0.625. The van der Waals surface area contributed by atoms with Crippen LogP contribution in [-0.2, 0) is 14.3 Å². The van der Waals surface area contributed by atoms with Crippen molar-refractivity contribution in [3.05, 3.63) is 23.2 Å². The second-order valence-electron chi connectivity index (χ2n) is 5.10. The van der Waals surface area contributed by atoms with E-state index in [9.17, 15) is 14.7 Å². The Labute approximate surface area is 120 Å². The Bertz CT molecular complexity index is 418. The van der Waals surface area contributed by atoms with E-state index in [-0.39, 0.29) is 17.1 Å². The highest BCUT2D eigenvalue weighted by atomic mass is 16.5. The minimum Gasteiger partial charge on any atom is -0.504 e. The smallest absolute Gasteiger partial charge is 0.227 e. The first-order chi connectivity index (χ1) is 9.61. The number of aliphatic hydroxyl groups is 1. The Morgan fingerprint density at radius 3 is 2.25 bits per heavy atom. The predicted molar refractivity (Wildman–Crippen MR) is 77.4 cm³/mol. The van der Waals surface area contributed by atoms with Gasteiger partial charge in [-0.25, -0.2) is 0 Å². The SMILES string of the molecule is CCCCCCCCCC1=C(O)C(=O)C=C(OC)C1=O. The minimum absolute atomic E-state index is 0.0192. The standard InChI is InChI=1S/C16H24O4/c1-3-4-5-6-7-8-9-10-12-15(18)13(17)11-14(20-2)16(12)19/h11,18H,3-10H2,1-2H3. The summed E-state index contributed by atoms with van der Waals surface area (Å²) in [6, 6.07) is 0. The summed E-state index contributed by atoms with van der Waals surface area (Å²) in [7, 11) is 1.35. The van der Waals surface area contributed by atoms with Crippen LogP contribution in [0.4, 0.5) is 0 Å². The fourth-order valence-corrected chi connectivity index (χ4v) is 2.30. The van der Waals surface area contributed by atoms with Crippen molar-refractivity contribution >= 4 is 11.6 Å². The van der Waals surface area contributed by atoms with Gasteiger partial charge >= 0.3 is 0 Å². The summed E-state index contributed by atoms with van der Waals surface area (Å²) in [5, 5.41) is 9.70. The van der Waals surface area contributed by atoms with E-state index in [0.717, 1.165) is 25.3 Å². The predicted octanol–water partition coefficient (Wildman–Crippen LogP) is 3.62.